The third-order valence-electron chi connectivity index (χ3n) is 4.35. The van der Waals surface area contributed by atoms with Crippen LogP contribution in [0.3, 0.4) is 0 Å². The zero-order valence-corrected chi connectivity index (χ0v) is 13.6. The van der Waals surface area contributed by atoms with E-state index in [0.29, 0.717) is 12.6 Å². The zero-order valence-electron chi connectivity index (χ0n) is 13.6. The molecule has 1 heterocycles. The zero-order chi connectivity index (χ0) is 16.1. The van der Waals surface area contributed by atoms with E-state index in [1.807, 2.05) is 18.2 Å². The molecule has 0 bridgehead atoms. The third-order valence-corrected chi connectivity index (χ3v) is 4.35. The number of benzene rings is 1. The molecule has 1 aliphatic carbocycles. The Kier molecular flexibility index (Phi) is 5.35. The van der Waals surface area contributed by atoms with Crippen molar-refractivity contribution in [3.63, 3.8) is 0 Å². The first kappa shape index (κ1) is 16.1. The van der Waals surface area contributed by atoms with Crippen LogP contribution in [0.5, 0.6) is 5.75 Å². The van der Waals surface area contributed by atoms with Gasteiger partial charge in [-0.15, -0.1) is 0 Å². The number of carbonyl (C=O) groups excluding carboxylic acids is 1. The Bertz CT molecular complexity index is 528. The summed E-state index contributed by atoms with van der Waals surface area (Å²) in [5, 5.41) is 5.98. The van der Waals surface area contributed by atoms with Crippen molar-refractivity contribution in [1.82, 2.24) is 15.5 Å². The second kappa shape index (κ2) is 7.66. The SMILES string of the molecule is COc1ccccc1C(CNC(=O)NC1CC1)N1CCOCC1. The molecule has 2 aliphatic rings. The molecule has 6 nitrogen and oxygen atoms in total. The minimum atomic E-state index is -0.0827. The van der Waals surface area contributed by atoms with Crippen molar-refractivity contribution >= 4 is 6.03 Å². The Morgan fingerprint density at radius 1 is 1.35 bits per heavy atom. The fourth-order valence-corrected chi connectivity index (χ4v) is 2.92. The summed E-state index contributed by atoms with van der Waals surface area (Å²) >= 11 is 0. The molecular weight excluding hydrogens is 294 g/mol. The molecule has 1 aromatic carbocycles. The van der Waals surface area contributed by atoms with Crippen LogP contribution in [0.1, 0.15) is 24.4 Å². The Hall–Kier alpha value is -1.79. The summed E-state index contributed by atoms with van der Waals surface area (Å²) in [6.45, 7) is 3.71. The number of amides is 2. The molecule has 3 rings (SSSR count). The summed E-state index contributed by atoms with van der Waals surface area (Å²) in [7, 11) is 1.68. The van der Waals surface area contributed by atoms with Gasteiger partial charge in [0.1, 0.15) is 5.75 Å². The number of ether oxygens (including phenoxy) is 2. The van der Waals surface area contributed by atoms with E-state index >= 15 is 0 Å². The molecule has 0 aromatic heterocycles. The molecule has 1 saturated heterocycles. The van der Waals surface area contributed by atoms with Gasteiger partial charge < -0.3 is 20.1 Å². The van der Waals surface area contributed by atoms with Crippen LogP contribution in [0.15, 0.2) is 24.3 Å². The molecule has 2 amide bonds. The van der Waals surface area contributed by atoms with Crippen molar-refractivity contribution in [2.24, 2.45) is 0 Å². The number of rotatable bonds is 6. The number of nitrogens with zero attached hydrogens (tertiary/aromatic N) is 1. The van der Waals surface area contributed by atoms with E-state index < -0.39 is 0 Å². The molecule has 2 N–H and O–H groups in total. The van der Waals surface area contributed by atoms with Crippen molar-refractivity contribution < 1.29 is 14.3 Å². The molecule has 2 fully saturated rings. The minimum Gasteiger partial charge on any atom is -0.496 e. The standard InChI is InChI=1S/C17H25N3O3/c1-22-16-5-3-2-4-14(16)15(20-8-10-23-11-9-20)12-18-17(21)19-13-6-7-13/h2-5,13,15H,6-12H2,1H3,(H2,18,19,21). The van der Waals surface area contributed by atoms with Crippen molar-refractivity contribution in [3.8, 4) is 5.75 Å². The van der Waals surface area contributed by atoms with Crippen LogP contribution < -0.4 is 15.4 Å². The molecule has 126 valence electrons. The normalized spacial score (nSPS) is 19.9. The highest BCUT2D eigenvalue weighted by Gasteiger charge is 2.27. The number of carbonyl (C=O) groups is 1. The Morgan fingerprint density at radius 2 is 2.09 bits per heavy atom. The first-order valence-electron chi connectivity index (χ1n) is 8.27. The lowest BCUT2D eigenvalue weighted by atomic mass is 10.0. The average Bonchev–Trinajstić information content (AvgIpc) is 3.40. The van der Waals surface area contributed by atoms with Crippen LogP contribution in [0, 0.1) is 0 Å². The number of urea groups is 1. The molecule has 1 aromatic rings. The van der Waals surface area contributed by atoms with E-state index in [1.165, 1.54) is 0 Å². The van der Waals surface area contributed by atoms with Crippen molar-refractivity contribution in [1.29, 1.82) is 0 Å². The van der Waals surface area contributed by atoms with Gasteiger partial charge in [-0.25, -0.2) is 4.79 Å². The number of hydrogen-bond donors (Lipinski definition) is 2. The Morgan fingerprint density at radius 3 is 2.78 bits per heavy atom. The molecule has 23 heavy (non-hydrogen) atoms. The lowest BCUT2D eigenvalue weighted by molar-refractivity contribution is 0.0162. The van der Waals surface area contributed by atoms with Gasteiger partial charge in [0.25, 0.3) is 0 Å². The van der Waals surface area contributed by atoms with Gasteiger partial charge in [0.15, 0.2) is 0 Å². The predicted molar refractivity (Wildman–Crippen MR) is 87.7 cm³/mol. The topological polar surface area (TPSA) is 62.8 Å². The van der Waals surface area contributed by atoms with E-state index in [9.17, 15) is 4.79 Å². The van der Waals surface area contributed by atoms with Gasteiger partial charge in [0.05, 0.1) is 26.4 Å². The minimum absolute atomic E-state index is 0.0827. The van der Waals surface area contributed by atoms with Gasteiger partial charge in [-0.05, 0) is 18.9 Å². The number of hydrogen-bond acceptors (Lipinski definition) is 4. The van der Waals surface area contributed by atoms with Gasteiger partial charge in [-0.3, -0.25) is 4.90 Å². The van der Waals surface area contributed by atoms with E-state index in [1.54, 1.807) is 7.11 Å². The van der Waals surface area contributed by atoms with Crippen LogP contribution >= 0.6 is 0 Å². The molecule has 1 unspecified atom stereocenters. The van der Waals surface area contributed by atoms with E-state index in [-0.39, 0.29) is 12.1 Å². The lowest BCUT2D eigenvalue weighted by Gasteiger charge is -2.35. The smallest absolute Gasteiger partial charge is 0.315 e. The van der Waals surface area contributed by atoms with E-state index in [0.717, 1.165) is 50.5 Å². The van der Waals surface area contributed by atoms with Crippen molar-refractivity contribution in [2.45, 2.75) is 24.9 Å². The fraction of sp³-hybridized carbons (Fsp3) is 0.588. The van der Waals surface area contributed by atoms with Gasteiger partial charge in [-0.2, -0.15) is 0 Å². The van der Waals surface area contributed by atoms with E-state index in [4.69, 9.17) is 9.47 Å². The van der Waals surface area contributed by atoms with Crippen LogP contribution in [0.25, 0.3) is 0 Å². The molecule has 0 radical (unpaired) electrons. The highest BCUT2D eigenvalue weighted by molar-refractivity contribution is 5.74. The summed E-state index contributed by atoms with van der Waals surface area (Å²) in [4.78, 5) is 14.3. The fourth-order valence-electron chi connectivity index (χ4n) is 2.92. The van der Waals surface area contributed by atoms with Crippen LogP contribution in [-0.4, -0.2) is 56.9 Å². The largest absolute Gasteiger partial charge is 0.496 e. The Balaban J connectivity index is 1.70. The van der Waals surface area contributed by atoms with Crippen LogP contribution in [0.4, 0.5) is 4.79 Å². The predicted octanol–water partition coefficient (Wildman–Crippen LogP) is 1.53. The van der Waals surface area contributed by atoms with Crippen LogP contribution in [-0.2, 0) is 4.74 Å². The summed E-state index contributed by atoms with van der Waals surface area (Å²) in [5.41, 5.74) is 1.10. The highest BCUT2D eigenvalue weighted by atomic mass is 16.5. The second-order valence-electron chi connectivity index (χ2n) is 6.03. The summed E-state index contributed by atoms with van der Waals surface area (Å²) in [6, 6.07) is 8.37. The molecule has 6 heteroatoms. The summed E-state index contributed by atoms with van der Waals surface area (Å²) in [5.74, 6) is 0.855. The molecule has 1 atom stereocenters. The molecule has 0 spiro atoms. The maximum absolute atomic E-state index is 12.0. The maximum Gasteiger partial charge on any atom is 0.315 e. The van der Waals surface area contributed by atoms with Gasteiger partial charge >= 0.3 is 6.03 Å². The first-order chi connectivity index (χ1) is 11.3. The number of methoxy groups -OCH3 is 1. The Labute approximate surface area is 137 Å². The lowest BCUT2D eigenvalue weighted by Crippen LogP contribution is -2.46. The van der Waals surface area contributed by atoms with Gasteiger partial charge in [0.2, 0.25) is 0 Å². The van der Waals surface area contributed by atoms with Crippen LogP contribution in [0.2, 0.25) is 0 Å². The third kappa shape index (κ3) is 4.36. The maximum atomic E-state index is 12.0. The highest BCUT2D eigenvalue weighted by Crippen LogP contribution is 2.29. The molecular formula is C17H25N3O3. The van der Waals surface area contributed by atoms with E-state index in [2.05, 4.69) is 21.6 Å². The number of nitrogens with one attached hydrogen (secondary N) is 2. The second-order valence-corrected chi connectivity index (χ2v) is 6.03. The average molecular weight is 319 g/mol. The van der Waals surface area contributed by atoms with Gasteiger partial charge in [-0.1, -0.05) is 18.2 Å². The van der Waals surface area contributed by atoms with Crippen molar-refractivity contribution in [2.75, 3.05) is 40.0 Å². The number of morpholine rings is 1. The quantitative estimate of drug-likeness (QED) is 0.835. The summed E-state index contributed by atoms with van der Waals surface area (Å²) in [6.07, 6.45) is 2.18. The molecule has 1 saturated carbocycles. The summed E-state index contributed by atoms with van der Waals surface area (Å²) < 4.78 is 11.0. The molecule has 1 aliphatic heterocycles. The monoisotopic (exact) mass is 319 g/mol. The van der Waals surface area contributed by atoms with Gasteiger partial charge in [0, 0.05) is 31.2 Å². The van der Waals surface area contributed by atoms with Crippen molar-refractivity contribution in [3.05, 3.63) is 29.8 Å². The number of para-hydroxylation sites is 1. The first-order valence-corrected chi connectivity index (χ1v) is 8.27.